The normalized spacial score (nSPS) is 18.9. The molecular formula is C20H19F3N6O. The third kappa shape index (κ3) is 4.27. The molecule has 1 amide bonds. The lowest BCUT2D eigenvalue weighted by Gasteiger charge is -2.23. The molecule has 1 fully saturated rings. The Morgan fingerprint density at radius 1 is 1.07 bits per heavy atom. The van der Waals surface area contributed by atoms with Crippen LogP contribution in [0.2, 0.25) is 0 Å². The Morgan fingerprint density at radius 2 is 1.87 bits per heavy atom. The van der Waals surface area contributed by atoms with E-state index in [1.54, 1.807) is 35.3 Å². The summed E-state index contributed by atoms with van der Waals surface area (Å²) in [6, 6.07) is 8.58. The molecule has 0 radical (unpaired) electrons. The predicted octanol–water partition coefficient (Wildman–Crippen LogP) is 3.44. The summed E-state index contributed by atoms with van der Waals surface area (Å²) in [6.45, 7) is 0. The second kappa shape index (κ2) is 8.13. The van der Waals surface area contributed by atoms with Gasteiger partial charge in [0.15, 0.2) is 5.69 Å². The zero-order valence-electron chi connectivity index (χ0n) is 15.8. The van der Waals surface area contributed by atoms with E-state index in [1.807, 2.05) is 12.1 Å². The van der Waals surface area contributed by atoms with E-state index in [0.717, 1.165) is 25.5 Å². The molecule has 7 nitrogen and oxygen atoms in total. The monoisotopic (exact) mass is 416 g/mol. The van der Waals surface area contributed by atoms with Gasteiger partial charge in [0, 0.05) is 24.5 Å². The molecule has 156 valence electrons. The van der Waals surface area contributed by atoms with E-state index >= 15 is 0 Å². The van der Waals surface area contributed by atoms with Gasteiger partial charge in [0.1, 0.15) is 5.82 Å². The Labute approximate surface area is 170 Å². The van der Waals surface area contributed by atoms with Crippen molar-refractivity contribution in [1.29, 1.82) is 0 Å². The summed E-state index contributed by atoms with van der Waals surface area (Å²) in [6.07, 6.45) is 3.01. The van der Waals surface area contributed by atoms with Gasteiger partial charge in [-0.25, -0.2) is 14.6 Å². The number of carbonyl (C=O) groups excluding carboxylic acids is 1. The second-order valence-electron chi connectivity index (χ2n) is 7.01. The molecule has 1 aliphatic carbocycles. The van der Waals surface area contributed by atoms with Crippen molar-refractivity contribution in [3.05, 3.63) is 66.4 Å². The van der Waals surface area contributed by atoms with Gasteiger partial charge in [-0.3, -0.25) is 4.79 Å². The van der Waals surface area contributed by atoms with Crippen LogP contribution in [0.15, 0.2) is 55.1 Å². The number of hydrogen-bond donors (Lipinski definition) is 2. The van der Waals surface area contributed by atoms with Crippen LogP contribution in [0.1, 0.15) is 35.3 Å². The maximum atomic E-state index is 12.9. The number of anilines is 1. The van der Waals surface area contributed by atoms with Gasteiger partial charge in [-0.05, 0) is 37.5 Å². The first-order valence-electron chi connectivity index (χ1n) is 9.47. The van der Waals surface area contributed by atoms with Crippen LogP contribution in [0, 0.1) is 0 Å². The number of nitrogens with zero attached hydrogens (tertiary/aromatic N) is 4. The molecule has 1 aliphatic rings. The van der Waals surface area contributed by atoms with Gasteiger partial charge >= 0.3 is 6.18 Å². The van der Waals surface area contributed by atoms with Crippen LogP contribution in [0.3, 0.4) is 0 Å². The van der Waals surface area contributed by atoms with Crippen molar-refractivity contribution in [2.24, 2.45) is 0 Å². The van der Waals surface area contributed by atoms with E-state index < -0.39 is 11.9 Å². The number of alkyl halides is 3. The number of aromatic nitrogens is 4. The number of benzene rings is 1. The highest BCUT2D eigenvalue weighted by Gasteiger charge is 2.33. The number of hydrogen-bond acceptors (Lipinski definition) is 5. The summed E-state index contributed by atoms with van der Waals surface area (Å²) in [5, 5.41) is 10.3. The molecule has 4 rings (SSSR count). The molecule has 10 heteroatoms. The number of para-hydroxylation sites is 1. The second-order valence-corrected chi connectivity index (χ2v) is 7.01. The van der Waals surface area contributed by atoms with Crippen molar-refractivity contribution in [3.8, 4) is 5.69 Å². The van der Waals surface area contributed by atoms with Crippen molar-refractivity contribution in [2.75, 3.05) is 5.32 Å². The predicted molar refractivity (Wildman–Crippen MR) is 103 cm³/mol. The van der Waals surface area contributed by atoms with Crippen LogP contribution >= 0.6 is 0 Å². The SMILES string of the molecule is O=C(NC1CCC[C@@H]1Nc1cnc(C(F)(F)F)cn1)c1ccccc1-n1cccn1. The summed E-state index contributed by atoms with van der Waals surface area (Å²) in [5.74, 6) is 0.00407. The molecule has 3 aromatic rings. The minimum atomic E-state index is -4.53. The third-order valence-electron chi connectivity index (χ3n) is 5.01. The summed E-state index contributed by atoms with van der Waals surface area (Å²) in [4.78, 5) is 20.2. The van der Waals surface area contributed by atoms with Gasteiger partial charge in [0.2, 0.25) is 0 Å². The van der Waals surface area contributed by atoms with Gasteiger partial charge in [-0.2, -0.15) is 18.3 Å². The van der Waals surface area contributed by atoms with E-state index in [9.17, 15) is 18.0 Å². The van der Waals surface area contributed by atoms with E-state index in [0.29, 0.717) is 17.4 Å². The smallest absolute Gasteiger partial charge is 0.364 e. The fourth-order valence-electron chi connectivity index (χ4n) is 3.57. The van der Waals surface area contributed by atoms with Gasteiger partial charge in [-0.15, -0.1) is 0 Å². The minimum Gasteiger partial charge on any atom is -0.364 e. The van der Waals surface area contributed by atoms with Crippen LogP contribution < -0.4 is 10.6 Å². The van der Waals surface area contributed by atoms with Gasteiger partial charge < -0.3 is 10.6 Å². The zero-order valence-corrected chi connectivity index (χ0v) is 15.8. The molecule has 1 saturated carbocycles. The van der Waals surface area contributed by atoms with Crippen molar-refractivity contribution < 1.29 is 18.0 Å². The highest BCUT2D eigenvalue weighted by Crippen LogP contribution is 2.28. The molecule has 2 N–H and O–H groups in total. The maximum absolute atomic E-state index is 12.9. The van der Waals surface area contributed by atoms with Crippen LogP contribution in [0.25, 0.3) is 5.69 Å². The first-order valence-corrected chi connectivity index (χ1v) is 9.47. The molecule has 2 atom stereocenters. The Balaban J connectivity index is 1.45. The van der Waals surface area contributed by atoms with Crippen molar-refractivity contribution in [1.82, 2.24) is 25.1 Å². The van der Waals surface area contributed by atoms with Crippen molar-refractivity contribution in [3.63, 3.8) is 0 Å². The molecule has 0 saturated heterocycles. The zero-order chi connectivity index (χ0) is 21.1. The highest BCUT2D eigenvalue weighted by molar-refractivity contribution is 5.98. The maximum Gasteiger partial charge on any atom is 0.434 e. The summed E-state index contributed by atoms with van der Waals surface area (Å²) < 4.78 is 39.6. The molecule has 0 aliphatic heterocycles. The molecule has 1 aromatic carbocycles. The standard InChI is InChI=1S/C20H19F3N6O/c21-20(22,23)17-11-25-18(12-24-17)27-14-6-3-7-15(14)28-19(30)13-5-1-2-8-16(13)29-10-4-9-26-29/h1-2,4-5,8-12,14-15H,3,6-7H2,(H,25,27)(H,28,30)/t14-,15?/m0/s1. The van der Waals surface area contributed by atoms with Crippen molar-refractivity contribution in [2.45, 2.75) is 37.5 Å². The molecule has 30 heavy (non-hydrogen) atoms. The molecule has 2 heterocycles. The van der Waals surface area contributed by atoms with Crippen LogP contribution in [0.4, 0.5) is 19.0 Å². The molecule has 1 unspecified atom stereocenters. The molecular weight excluding hydrogens is 397 g/mol. The first kappa shape index (κ1) is 19.9. The molecule has 0 bridgehead atoms. The number of halogens is 3. The van der Waals surface area contributed by atoms with Crippen LogP contribution in [0.5, 0.6) is 0 Å². The van der Waals surface area contributed by atoms with E-state index in [-0.39, 0.29) is 23.8 Å². The fourth-order valence-corrected chi connectivity index (χ4v) is 3.57. The lowest BCUT2D eigenvalue weighted by atomic mass is 10.1. The lowest BCUT2D eigenvalue weighted by Crippen LogP contribution is -2.43. The van der Waals surface area contributed by atoms with Crippen LogP contribution in [-0.2, 0) is 6.18 Å². The average Bonchev–Trinajstić information content (AvgIpc) is 3.40. The van der Waals surface area contributed by atoms with Crippen molar-refractivity contribution >= 4 is 11.7 Å². The Bertz CT molecular complexity index is 1000. The quantitative estimate of drug-likeness (QED) is 0.666. The van der Waals surface area contributed by atoms with Gasteiger partial charge in [-0.1, -0.05) is 12.1 Å². The summed E-state index contributed by atoms with van der Waals surface area (Å²) in [7, 11) is 0. The number of nitrogens with one attached hydrogen (secondary N) is 2. The molecule has 2 aromatic heterocycles. The number of amides is 1. The summed E-state index contributed by atoms with van der Waals surface area (Å²) in [5.41, 5.74) is 0.108. The Morgan fingerprint density at radius 3 is 2.57 bits per heavy atom. The van der Waals surface area contributed by atoms with Gasteiger partial charge in [0.05, 0.1) is 23.6 Å². The van der Waals surface area contributed by atoms with E-state index in [1.165, 1.54) is 0 Å². The Hall–Kier alpha value is -3.43. The van der Waals surface area contributed by atoms with Gasteiger partial charge in [0.25, 0.3) is 5.91 Å². The average molecular weight is 416 g/mol. The lowest BCUT2D eigenvalue weighted by molar-refractivity contribution is -0.141. The highest BCUT2D eigenvalue weighted by atomic mass is 19.4. The third-order valence-corrected chi connectivity index (χ3v) is 5.01. The summed E-state index contributed by atoms with van der Waals surface area (Å²) >= 11 is 0. The Kier molecular flexibility index (Phi) is 5.39. The topological polar surface area (TPSA) is 84.7 Å². The fraction of sp³-hybridized carbons (Fsp3) is 0.300. The number of rotatable bonds is 5. The van der Waals surface area contributed by atoms with Crippen LogP contribution in [-0.4, -0.2) is 37.7 Å². The van der Waals surface area contributed by atoms with E-state index in [2.05, 4.69) is 25.7 Å². The number of carbonyl (C=O) groups is 1. The molecule has 0 spiro atoms. The minimum absolute atomic E-state index is 0.156. The largest absolute Gasteiger partial charge is 0.434 e. The first-order chi connectivity index (χ1) is 14.4. The van der Waals surface area contributed by atoms with E-state index in [4.69, 9.17) is 0 Å².